The van der Waals surface area contributed by atoms with E-state index in [4.69, 9.17) is 0 Å². The highest BCUT2D eigenvalue weighted by molar-refractivity contribution is 7.88. The van der Waals surface area contributed by atoms with E-state index in [-0.39, 0.29) is 23.8 Å². The molecule has 1 aliphatic heterocycles. The Balaban J connectivity index is 1.35. The molecule has 3 atom stereocenters. The van der Waals surface area contributed by atoms with Gasteiger partial charge in [-0.25, -0.2) is 18.1 Å². The second kappa shape index (κ2) is 7.93. The Labute approximate surface area is 170 Å². The van der Waals surface area contributed by atoms with Gasteiger partial charge in [0, 0.05) is 47.6 Å². The van der Waals surface area contributed by atoms with E-state index in [2.05, 4.69) is 21.8 Å². The van der Waals surface area contributed by atoms with Crippen LogP contribution < -0.4 is 4.72 Å². The smallest absolute Gasteiger partial charge is 0.226 e. The molecule has 1 aliphatic carbocycles. The number of sulfonamides is 1. The Bertz CT molecular complexity index is 943. The Morgan fingerprint density at radius 1 is 1.21 bits per heavy atom. The third-order valence-electron chi connectivity index (χ3n) is 5.44. The lowest BCUT2D eigenvalue weighted by Crippen LogP contribution is -2.36. The summed E-state index contributed by atoms with van der Waals surface area (Å²) in [5, 5.41) is 0.998. The van der Waals surface area contributed by atoms with Crippen LogP contribution in [0.1, 0.15) is 36.5 Å². The van der Waals surface area contributed by atoms with Gasteiger partial charge < -0.3 is 4.90 Å². The number of amides is 1. The van der Waals surface area contributed by atoms with Crippen molar-refractivity contribution in [3.63, 3.8) is 0 Å². The molecule has 1 aromatic heterocycles. The van der Waals surface area contributed by atoms with Gasteiger partial charge in [-0.1, -0.05) is 30.3 Å². The van der Waals surface area contributed by atoms with Crippen LogP contribution in [-0.4, -0.2) is 49.6 Å². The number of nitrogens with one attached hydrogen (secondary N) is 1. The van der Waals surface area contributed by atoms with Gasteiger partial charge in [0.25, 0.3) is 0 Å². The maximum absolute atomic E-state index is 12.9. The summed E-state index contributed by atoms with van der Waals surface area (Å²) in [7, 11) is -3.21. The summed E-state index contributed by atoms with van der Waals surface area (Å²) in [6.07, 6.45) is 6.27. The highest BCUT2D eigenvalue weighted by Gasteiger charge is 2.47. The van der Waals surface area contributed by atoms with E-state index >= 15 is 0 Å². The van der Waals surface area contributed by atoms with Gasteiger partial charge in [0.15, 0.2) is 0 Å². The molecule has 28 heavy (non-hydrogen) atoms. The molecular formula is C20H25N3O3S2. The van der Waals surface area contributed by atoms with E-state index < -0.39 is 10.0 Å². The van der Waals surface area contributed by atoms with Crippen molar-refractivity contribution in [1.82, 2.24) is 14.6 Å². The Hall–Kier alpha value is -1.77. The second-order valence-corrected chi connectivity index (χ2v) is 10.6. The molecule has 1 aromatic carbocycles. The Morgan fingerprint density at radius 3 is 2.75 bits per heavy atom. The van der Waals surface area contributed by atoms with Crippen LogP contribution in [0.25, 0.3) is 10.6 Å². The predicted octanol–water partition coefficient (Wildman–Crippen LogP) is 2.84. The van der Waals surface area contributed by atoms with Gasteiger partial charge in [0.2, 0.25) is 15.9 Å². The number of benzene rings is 1. The molecule has 2 aliphatic rings. The van der Waals surface area contributed by atoms with Crippen LogP contribution in [0.4, 0.5) is 0 Å². The van der Waals surface area contributed by atoms with Crippen molar-refractivity contribution in [3.8, 4) is 10.6 Å². The molecule has 8 heteroatoms. The second-order valence-electron chi connectivity index (χ2n) is 7.73. The van der Waals surface area contributed by atoms with E-state index in [0.717, 1.165) is 29.8 Å². The molecule has 2 heterocycles. The molecule has 1 saturated heterocycles. The molecule has 0 spiro atoms. The molecule has 150 valence electrons. The molecule has 0 bridgehead atoms. The highest BCUT2D eigenvalue weighted by atomic mass is 32.2. The minimum atomic E-state index is -3.21. The van der Waals surface area contributed by atoms with Crippen molar-refractivity contribution in [3.05, 3.63) is 41.4 Å². The van der Waals surface area contributed by atoms with E-state index in [9.17, 15) is 13.2 Å². The van der Waals surface area contributed by atoms with Crippen molar-refractivity contribution < 1.29 is 13.2 Å². The highest BCUT2D eigenvalue weighted by Crippen LogP contribution is 2.51. The summed E-state index contributed by atoms with van der Waals surface area (Å²) in [6.45, 7) is 1.33. The van der Waals surface area contributed by atoms with Gasteiger partial charge in [-0.05, 0) is 25.7 Å². The van der Waals surface area contributed by atoms with Crippen molar-refractivity contribution in [2.75, 3.05) is 19.3 Å². The number of aromatic nitrogens is 1. The first-order valence-corrected chi connectivity index (χ1v) is 12.4. The molecule has 1 saturated carbocycles. The van der Waals surface area contributed by atoms with Crippen molar-refractivity contribution in [2.45, 2.75) is 37.6 Å². The van der Waals surface area contributed by atoms with Gasteiger partial charge in [-0.2, -0.15) is 0 Å². The fraction of sp³-hybridized carbons (Fsp3) is 0.500. The van der Waals surface area contributed by atoms with Crippen LogP contribution in [0.2, 0.25) is 0 Å². The average molecular weight is 420 g/mol. The Kier molecular flexibility index (Phi) is 5.53. The summed E-state index contributed by atoms with van der Waals surface area (Å²) in [5.41, 5.74) is 1.11. The normalized spacial score (nSPS) is 25.3. The number of rotatable bonds is 5. The van der Waals surface area contributed by atoms with Crippen molar-refractivity contribution in [2.24, 2.45) is 5.92 Å². The van der Waals surface area contributed by atoms with Crippen LogP contribution in [0, 0.1) is 5.92 Å². The first-order valence-electron chi connectivity index (χ1n) is 9.68. The fourth-order valence-electron chi connectivity index (χ4n) is 3.93. The number of carbonyl (C=O) groups is 1. The molecule has 6 nitrogen and oxygen atoms in total. The average Bonchev–Trinajstić information content (AvgIpc) is 3.37. The molecule has 2 aromatic rings. The van der Waals surface area contributed by atoms with E-state index in [0.29, 0.717) is 19.5 Å². The topological polar surface area (TPSA) is 79.4 Å². The van der Waals surface area contributed by atoms with Gasteiger partial charge >= 0.3 is 0 Å². The molecule has 0 radical (unpaired) electrons. The predicted molar refractivity (Wildman–Crippen MR) is 111 cm³/mol. The molecule has 2 fully saturated rings. The third-order valence-corrected chi connectivity index (χ3v) is 7.38. The zero-order valence-corrected chi connectivity index (χ0v) is 17.5. The standard InChI is InChI=1S/C20H25N3O3S2/c1-28(25,26)22-15-8-5-10-23(11-9-15)20(24)17-12-16(17)18-13-21-19(27-18)14-6-3-2-4-7-14/h2-4,6-7,13,15-17,22H,5,8-12H2,1H3. The fourth-order valence-corrected chi connectivity index (χ4v) is 5.87. The maximum atomic E-state index is 12.9. The molecular weight excluding hydrogens is 394 g/mol. The van der Waals surface area contributed by atoms with Crippen LogP contribution in [-0.2, 0) is 14.8 Å². The summed E-state index contributed by atoms with van der Waals surface area (Å²) < 4.78 is 25.6. The SMILES string of the molecule is CS(=O)(=O)NC1CCCN(C(=O)C2CC2c2cnc(-c3ccccc3)s2)CC1. The number of hydrogen-bond acceptors (Lipinski definition) is 5. The molecule has 4 rings (SSSR count). The minimum absolute atomic E-state index is 0.0449. The van der Waals surface area contributed by atoms with E-state index in [1.165, 1.54) is 11.1 Å². The minimum Gasteiger partial charge on any atom is -0.342 e. The van der Waals surface area contributed by atoms with E-state index in [1.54, 1.807) is 11.3 Å². The third kappa shape index (κ3) is 4.61. The van der Waals surface area contributed by atoms with Crippen LogP contribution in [0.15, 0.2) is 36.5 Å². The zero-order valence-electron chi connectivity index (χ0n) is 15.9. The summed E-state index contributed by atoms with van der Waals surface area (Å²) >= 11 is 1.68. The van der Waals surface area contributed by atoms with Gasteiger partial charge in [0.05, 0.1) is 6.26 Å². The summed E-state index contributed by atoms with van der Waals surface area (Å²) in [5.74, 6) is 0.527. The van der Waals surface area contributed by atoms with Gasteiger partial charge in [-0.3, -0.25) is 4.79 Å². The lowest BCUT2D eigenvalue weighted by atomic mass is 10.1. The van der Waals surface area contributed by atoms with Crippen LogP contribution in [0.3, 0.4) is 0 Å². The molecule has 1 amide bonds. The lowest BCUT2D eigenvalue weighted by molar-refractivity contribution is -0.132. The maximum Gasteiger partial charge on any atom is 0.226 e. The summed E-state index contributed by atoms with van der Waals surface area (Å²) in [6, 6.07) is 10.0. The number of thiazole rings is 1. The first-order chi connectivity index (χ1) is 13.4. The number of hydrogen-bond donors (Lipinski definition) is 1. The largest absolute Gasteiger partial charge is 0.342 e. The first kappa shape index (κ1) is 19.5. The number of likely N-dealkylation sites (tertiary alicyclic amines) is 1. The van der Waals surface area contributed by atoms with Gasteiger partial charge in [-0.15, -0.1) is 11.3 Å². The number of carbonyl (C=O) groups excluding carboxylic acids is 1. The van der Waals surface area contributed by atoms with Crippen LogP contribution in [0.5, 0.6) is 0 Å². The quantitative estimate of drug-likeness (QED) is 0.808. The Morgan fingerprint density at radius 2 is 2.00 bits per heavy atom. The van der Waals surface area contributed by atoms with Crippen LogP contribution >= 0.6 is 11.3 Å². The van der Waals surface area contributed by atoms with E-state index in [1.807, 2.05) is 29.3 Å². The van der Waals surface area contributed by atoms with Gasteiger partial charge in [0.1, 0.15) is 5.01 Å². The molecule has 3 unspecified atom stereocenters. The molecule has 1 N–H and O–H groups in total. The monoisotopic (exact) mass is 419 g/mol. The zero-order chi connectivity index (χ0) is 19.7. The van der Waals surface area contributed by atoms with Crippen molar-refractivity contribution in [1.29, 1.82) is 0 Å². The van der Waals surface area contributed by atoms with Crippen molar-refractivity contribution >= 4 is 27.3 Å². The summed E-state index contributed by atoms with van der Waals surface area (Å²) in [4.78, 5) is 20.6. The number of nitrogens with zero attached hydrogens (tertiary/aromatic N) is 2. The lowest BCUT2D eigenvalue weighted by Gasteiger charge is -2.21.